The molecule has 0 saturated carbocycles. The Morgan fingerprint density at radius 2 is 1.88 bits per heavy atom. The molecule has 1 aromatic heterocycles. The molecule has 6 heteroatoms. The van der Waals surface area contributed by atoms with Crippen molar-refractivity contribution >= 4 is 16.9 Å². The first-order chi connectivity index (χ1) is 11.8. The van der Waals surface area contributed by atoms with Crippen LogP contribution in [0.15, 0.2) is 48.5 Å². The molecule has 0 saturated heterocycles. The molecule has 3 rings (SSSR count). The first kappa shape index (κ1) is 16.7. The third-order valence-electron chi connectivity index (χ3n) is 3.91. The zero-order valence-electron chi connectivity index (χ0n) is 12.8. The number of nitrogens with zero attached hydrogens (tertiary/aromatic N) is 1. The van der Waals surface area contributed by atoms with Gasteiger partial charge in [-0.1, -0.05) is 36.3 Å². The molecule has 1 heterocycles. The van der Waals surface area contributed by atoms with Crippen molar-refractivity contribution < 1.29 is 23.1 Å². The molecular weight excluding hydrogens is 331 g/mol. The summed E-state index contributed by atoms with van der Waals surface area (Å²) in [4.78, 5) is 11.7. The number of alkyl halides is 3. The number of benzene rings is 2. The topological polar surface area (TPSA) is 42.2 Å². The summed E-state index contributed by atoms with van der Waals surface area (Å²) in [5.74, 6) is 1.15. The molecule has 0 amide bonds. The molecule has 0 bridgehead atoms. The fraction of sp³-hybridized carbons (Fsp3) is 0.105. The van der Waals surface area contributed by atoms with Gasteiger partial charge in [0.15, 0.2) is 0 Å². The normalized spacial score (nSPS) is 11.4. The van der Waals surface area contributed by atoms with Crippen molar-refractivity contribution in [3.8, 4) is 12.3 Å². The van der Waals surface area contributed by atoms with E-state index in [1.54, 1.807) is 24.3 Å². The van der Waals surface area contributed by atoms with Crippen LogP contribution in [0.2, 0.25) is 0 Å². The van der Waals surface area contributed by atoms with Crippen LogP contribution in [0.4, 0.5) is 13.2 Å². The zero-order chi connectivity index (χ0) is 18.2. The molecule has 1 N–H and O–H groups in total. The molecule has 0 radical (unpaired) electrons. The molecule has 3 aromatic rings. The van der Waals surface area contributed by atoms with Crippen molar-refractivity contribution in [3.63, 3.8) is 0 Å². The van der Waals surface area contributed by atoms with Gasteiger partial charge in [0.05, 0.1) is 16.6 Å². The van der Waals surface area contributed by atoms with Gasteiger partial charge in [0, 0.05) is 11.9 Å². The number of terminal acetylenes is 1. The third kappa shape index (κ3) is 2.96. The molecule has 126 valence electrons. The van der Waals surface area contributed by atoms with Crippen LogP contribution < -0.4 is 0 Å². The van der Waals surface area contributed by atoms with E-state index >= 15 is 0 Å². The Hall–Kier alpha value is -3.20. The van der Waals surface area contributed by atoms with Gasteiger partial charge < -0.3 is 9.67 Å². The highest BCUT2D eigenvalue weighted by Crippen LogP contribution is 2.31. The lowest BCUT2D eigenvalue weighted by Gasteiger charge is -2.11. The van der Waals surface area contributed by atoms with Gasteiger partial charge >= 0.3 is 12.1 Å². The quantitative estimate of drug-likeness (QED) is 0.717. The highest BCUT2D eigenvalue weighted by atomic mass is 19.4. The summed E-state index contributed by atoms with van der Waals surface area (Å²) < 4.78 is 40.1. The van der Waals surface area contributed by atoms with E-state index in [0.29, 0.717) is 16.5 Å². The number of hydrogen-bond acceptors (Lipinski definition) is 1. The predicted molar refractivity (Wildman–Crippen MR) is 87.4 cm³/mol. The SMILES string of the molecule is C#Cc1c(C(=O)O)n(Cc2cccc(C(F)(F)F)c2)c2ccccc12. The molecule has 2 aromatic carbocycles. The second-order valence-electron chi connectivity index (χ2n) is 5.47. The number of aromatic carboxylic acids is 1. The monoisotopic (exact) mass is 343 g/mol. The predicted octanol–water partition coefficient (Wildman–Crippen LogP) is 4.39. The molecule has 3 nitrogen and oxygen atoms in total. The van der Waals surface area contributed by atoms with E-state index in [2.05, 4.69) is 5.92 Å². The maximum absolute atomic E-state index is 12.9. The fourth-order valence-electron chi connectivity index (χ4n) is 2.86. The van der Waals surface area contributed by atoms with Gasteiger partial charge in [-0.05, 0) is 23.8 Å². The average Bonchev–Trinajstić information content (AvgIpc) is 2.88. The maximum Gasteiger partial charge on any atom is 0.416 e. The molecule has 0 unspecified atom stereocenters. The maximum atomic E-state index is 12.9. The first-order valence-electron chi connectivity index (χ1n) is 7.30. The lowest BCUT2D eigenvalue weighted by Crippen LogP contribution is -2.12. The van der Waals surface area contributed by atoms with Crippen LogP contribution in [0.5, 0.6) is 0 Å². The molecular formula is C19H12F3NO2. The van der Waals surface area contributed by atoms with Crippen molar-refractivity contribution in [2.24, 2.45) is 0 Å². The van der Waals surface area contributed by atoms with Crippen molar-refractivity contribution in [1.29, 1.82) is 0 Å². The minimum Gasteiger partial charge on any atom is -0.477 e. The van der Waals surface area contributed by atoms with Crippen LogP contribution in [0.1, 0.15) is 27.2 Å². The largest absolute Gasteiger partial charge is 0.477 e. The number of carboxylic acids is 1. The number of para-hydroxylation sites is 1. The zero-order valence-corrected chi connectivity index (χ0v) is 12.8. The smallest absolute Gasteiger partial charge is 0.416 e. The average molecular weight is 343 g/mol. The van der Waals surface area contributed by atoms with Gasteiger partial charge in [0.1, 0.15) is 5.69 Å². The van der Waals surface area contributed by atoms with Crippen molar-refractivity contribution in [3.05, 3.63) is 70.9 Å². The van der Waals surface area contributed by atoms with E-state index in [4.69, 9.17) is 6.42 Å². The number of rotatable bonds is 3. The van der Waals surface area contributed by atoms with E-state index < -0.39 is 17.7 Å². The van der Waals surface area contributed by atoms with Crippen LogP contribution >= 0.6 is 0 Å². The number of hydrogen-bond donors (Lipinski definition) is 1. The van der Waals surface area contributed by atoms with Gasteiger partial charge in [-0.3, -0.25) is 0 Å². The lowest BCUT2D eigenvalue weighted by molar-refractivity contribution is -0.137. The van der Waals surface area contributed by atoms with Crippen LogP contribution in [0.3, 0.4) is 0 Å². The van der Waals surface area contributed by atoms with Gasteiger partial charge in [0.2, 0.25) is 0 Å². The Morgan fingerprint density at radius 3 is 2.52 bits per heavy atom. The first-order valence-corrected chi connectivity index (χ1v) is 7.30. The Kier molecular flexibility index (Phi) is 4.01. The van der Waals surface area contributed by atoms with Crippen LogP contribution in [0, 0.1) is 12.3 Å². The highest BCUT2D eigenvalue weighted by Gasteiger charge is 2.30. The van der Waals surface area contributed by atoms with Crippen LogP contribution in [-0.4, -0.2) is 15.6 Å². The molecule has 0 atom stereocenters. The summed E-state index contributed by atoms with van der Waals surface area (Å²) in [6.45, 7) is -0.0340. The van der Waals surface area contributed by atoms with Gasteiger partial charge in [-0.2, -0.15) is 13.2 Å². The number of carboxylic acid groups (broad SMARTS) is 1. The van der Waals surface area contributed by atoms with Gasteiger partial charge in [0.25, 0.3) is 0 Å². The number of aromatic nitrogens is 1. The summed E-state index contributed by atoms with van der Waals surface area (Å²) in [6.07, 6.45) is 1.00. The number of carbonyl (C=O) groups is 1. The van der Waals surface area contributed by atoms with Crippen LogP contribution in [-0.2, 0) is 12.7 Å². The van der Waals surface area contributed by atoms with E-state index in [9.17, 15) is 23.1 Å². The molecule has 0 aliphatic carbocycles. The summed E-state index contributed by atoms with van der Waals surface area (Å²) in [5, 5.41) is 10.1. The lowest BCUT2D eigenvalue weighted by atomic mass is 10.1. The molecule has 0 fully saturated rings. The summed E-state index contributed by atoms with van der Waals surface area (Å²) in [6, 6.07) is 11.6. The van der Waals surface area contributed by atoms with Crippen molar-refractivity contribution in [2.75, 3.05) is 0 Å². The Balaban J connectivity index is 2.19. The van der Waals surface area contributed by atoms with Crippen molar-refractivity contribution in [1.82, 2.24) is 4.57 Å². The minimum atomic E-state index is -4.46. The van der Waals surface area contributed by atoms with E-state index in [1.807, 2.05) is 0 Å². The minimum absolute atomic E-state index is 0.0340. The third-order valence-corrected chi connectivity index (χ3v) is 3.91. The molecule has 0 aliphatic rings. The van der Waals surface area contributed by atoms with E-state index in [-0.39, 0.29) is 17.8 Å². The summed E-state index contributed by atoms with van der Waals surface area (Å²) in [7, 11) is 0. The summed E-state index contributed by atoms with van der Waals surface area (Å²) >= 11 is 0. The summed E-state index contributed by atoms with van der Waals surface area (Å²) in [5.41, 5.74) is 0.221. The standard InChI is InChI=1S/C19H12F3NO2/c1-2-14-15-8-3-4-9-16(15)23(17(14)18(24)25)11-12-6-5-7-13(10-12)19(20,21)22/h1,3-10H,11H2,(H,24,25). The van der Waals surface area contributed by atoms with Crippen molar-refractivity contribution in [2.45, 2.75) is 12.7 Å². The van der Waals surface area contributed by atoms with E-state index in [0.717, 1.165) is 12.1 Å². The molecule has 25 heavy (non-hydrogen) atoms. The molecule has 0 aliphatic heterocycles. The highest BCUT2D eigenvalue weighted by molar-refractivity contribution is 6.00. The number of halogens is 3. The second-order valence-corrected chi connectivity index (χ2v) is 5.47. The van der Waals surface area contributed by atoms with Crippen LogP contribution in [0.25, 0.3) is 10.9 Å². The Morgan fingerprint density at radius 1 is 1.16 bits per heavy atom. The Bertz CT molecular complexity index is 1010. The number of fused-ring (bicyclic) bond motifs is 1. The Labute approximate surface area is 141 Å². The van der Waals surface area contributed by atoms with Gasteiger partial charge in [-0.15, -0.1) is 6.42 Å². The van der Waals surface area contributed by atoms with Gasteiger partial charge in [-0.25, -0.2) is 4.79 Å². The molecule has 0 spiro atoms. The van der Waals surface area contributed by atoms with E-state index in [1.165, 1.54) is 16.7 Å². The second kappa shape index (κ2) is 6.02. The fourth-order valence-corrected chi connectivity index (χ4v) is 2.86.